The number of carbonyl (C=O) groups is 2. The summed E-state index contributed by atoms with van der Waals surface area (Å²) in [5.74, 6) is -0.878. The van der Waals surface area contributed by atoms with Crippen LogP contribution < -0.4 is 4.90 Å². The fourth-order valence-electron chi connectivity index (χ4n) is 4.62. The van der Waals surface area contributed by atoms with Crippen molar-refractivity contribution in [2.45, 2.75) is 34.6 Å². The highest BCUT2D eigenvalue weighted by Crippen LogP contribution is 2.39. The predicted octanol–water partition coefficient (Wildman–Crippen LogP) is 6.24. The van der Waals surface area contributed by atoms with E-state index in [0.717, 1.165) is 28.2 Å². The number of methoxy groups -OCH3 is 1. The molecule has 3 aromatic rings. The minimum Gasteiger partial charge on any atom is -0.465 e. The molecule has 0 spiro atoms. The molecule has 0 fully saturated rings. The predicted molar refractivity (Wildman–Crippen MR) is 136 cm³/mol. The molecular weight excluding hydrogens is 448 g/mol. The zero-order valence-corrected chi connectivity index (χ0v) is 20.9. The SMILES string of the molecule is COC(=O)C1=C(C)N(c2ccccc2Cl)C(=O)/C1=C\c1cc(C)n(-c2ccc(C)cc2C)c1C. The molecule has 1 aromatic heterocycles. The number of hydrogen-bond acceptors (Lipinski definition) is 3. The Kier molecular flexibility index (Phi) is 6.24. The summed E-state index contributed by atoms with van der Waals surface area (Å²) in [6.45, 7) is 9.93. The van der Waals surface area contributed by atoms with Gasteiger partial charge in [-0.25, -0.2) is 4.79 Å². The van der Waals surface area contributed by atoms with Crippen molar-refractivity contribution < 1.29 is 14.3 Å². The number of ether oxygens (including phenoxy) is 1. The number of halogens is 1. The lowest BCUT2D eigenvalue weighted by molar-refractivity contribution is -0.136. The van der Waals surface area contributed by atoms with E-state index in [1.807, 2.05) is 19.9 Å². The molecule has 0 atom stereocenters. The van der Waals surface area contributed by atoms with E-state index < -0.39 is 5.97 Å². The number of aromatic nitrogens is 1. The van der Waals surface area contributed by atoms with Crippen LogP contribution >= 0.6 is 11.6 Å². The van der Waals surface area contributed by atoms with Gasteiger partial charge in [0.1, 0.15) is 0 Å². The third-order valence-corrected chi connectivity index (χ3v) is 6.57. The molecule has 4 rings (SSSR count). The number of benzene rings is 2. The molecule has 174 valence electrons. The summed E-state index contributed by atoms with van der Waals surface area (Å²) in [6, 6.07) is 15.4. The van der Waals surface area contributed by atoms with E-state index in [4.69, 9.17) is 16.3 Å². The highest BCUT2D eigenvalue weighted by Gasteiger charge is 2.38. The van der Waals surface area contributed by atoms with Crippen LogP contribution in [-0.4, -0.2) is 23.6 Å². The molecule has 1 aliphatic heterocycles. The van der Waals surface area contributed by atoms with E-state index >= 15 is 0 Å². The summed E-state index contributed by atoms with van der Waals surface area (Å²) in [5, 5.41) is 0.425. The van der Waals surface area contributed by atoms with Gasteiger partial charge >= 0.3 is 5.97 Å². The minimum atomic E-state index is -0.560. The molecule has 0 unspecified atom stereocenters. The number of amides is 1. The molecule has 0 saturated heterocycles. The summed E-state index contributed by atoms with van der Waals surface area (Å²) in [4.78, 5) is 27.8. The number of rotatable bonds is 4. The van der Waals surface area contributed by atoms with Gasteiger partial charge < -0.3 is 9.30 Å². The number of anilines is 1. The van der Waals surface area contributed by atoms with Crippen LogP contribution in [0.3, 0.4) is 0 Å². The van der Waals surface area contributed by atoms with Crippen molar-refractivity contribution >= 4 is 35.2 Å². The first-order valence-corrected chi connectivity index (χ1v) is 11.4. The van der Waals surface area contributed by atoms with Gasteiger partial charge in [-0.3, -0.25) is 9.69 Å². The van der Waals surface area contributed by atoms with Gasteiger partial charge in [0.15, 0.2) is 0 Å². The number of allylic oxidation sites excluding steroid dienone is 1. The summed E-state index contributed by atoms with van der Waals surface area (Å²) in [6.07, 6.45) is 1.78. The van der Waals surface area contributed by atoms with E-state index in [-0.39, 0.29) is 17.1 Å². The maximum Gasteiger partial charge on any atom is 0.340 e. The lowest BCUT2D eigenvalue weighted by Gasteiger charge is -2.19. The molecule has 2 heterocycles. The van der Waals surface area contributed by atoms with Gasteiger partial charge in [-0.15, -0.1) is 0 Å². The lowest BCUT2D eigenvalue weighted by atomic mass is 10.0. The lowest BCUT2D eigenvalue weighted by Crippen LogP contribution is -2.24. The van der Waals surface area contributed by atoms with E-state index in [2.05, 4.69) is 36.6 Å². The Balaban J connectivity index is 1.88. The number of aryl methyl sites for hydroxylation is 3. The Morgan fingerprint density at radius 1 is 0.971 bits per heavy atom. The van der Waals surface area contributed by atoms with Crippen LogP contribution in [0.25, 0.3) is 11.8 Å². The fourth-order valence-corrected chi connectivity index (χ4v) is 4.84. The third-order valence-electron chi connectivity index (χ3n) is 6.25. The molecule has 0 radical (unpaired) electrons. The number of esters is 1. The Hall–Kier alpha value is -3.57. The molecule has 0 saturated carbocycles. The van der Waals surface area contributed by atoms with E-state index in [1.54, 1.807) is 37.3 Å². The summed E-state index contributed by atoms with van der Waals surface area (Å²) in [5.41, 5.74) is 7.84. The van der Waals surface area contributed by atoms with Crippen LogP contribution in [0.5, 0.6) is 0 Å². The number of nitrogens with zero attached hydrogens (tertiary/aromatic N) is 2. The Labute approximate surface area is 204 Å². The maximum absolute atomic E-state index is 13.6. The molecule has 2 aromatic carbocycles. The van der Waals surface area contributed by atoms with Crippen LogP contribution in [-0.2, 0) is 14.3 Å². The topological polar surface area (TPSA) is 51.5 Å². The van der Waals surface area contributed by atoms with Crippen molar-refractivity contribution in [2.24, 2.45) is 0 Å². The van der Waals surface area contributed by atoms with Crippen molar-refractivity contribution in [3.8, 4) is 5.69 Å². The van der Waals surface area contributed by atoms with E-state index in [9.17, 15) is 9.59 Å². The molecule has 5 nitrogen and oxygen atoms in total. The first-order chi connectivity index (χ1) is 16.1. The van der Waals surface area contributed by atoms with Gasteiger partial charge in [-0.05, 0) is 76.1 Å². The standard InChI is InChI=1S/C28H27ClN2O3/c1-16-11-12-24(17(2)13-16)30-18(3)14-21(19(30)4)15-22-26(28(33)34-6)20(5)31(27(22)32)25-10-8-7-9-23(25)29/h7-15H,1-6H3/b22-15-. The normalized spacial score (nSPS) is 15.0. The zero-order chi connectivity index (χ0) is 24.7. The molecule has 1 amide bonds. The zero-order valence-electron chi connectivity index (χ0n) is 20.2. The average molecular weight is 475 g/mol. The molecule has 6 heteroatoms. The fraction of sp³-hybridized carbons (Fsp3) is 0.214. The highest BCUT2D eigenvalue weighted by atomic mass is 35.5. The number of hydrogen-bond donors (Lipinski definition) is 0. The van der Waals surface area contributed by atoms with Gasteiger partial charge in [0.05, 0.1) is 29.0 Å². The molecule has 1 aliphatic rings. The second-order valence-electron chi connectivity index (χ2n) is 8.55. The van der Waals surface area contributed by atoms with E-state index in [1.165, 1.54) is 17.6 Å². The Bertz CT molecular complexity index is 1390. The van der Waals surface area contributed by atoms with Crippen LogP contribution in [0, 0.1) is 27.7 Å². The van der Waals surface area contributed by atoms with Crippen LogP contribution in [0.1, 0.15) is 35.0 Å². The Morgan fingerprint density at radius 2 is 1.68 bits per heavy atom. The first kappa shape index (κ1) is 23.6. The number of carbonyl (C=O) groups excluding carboxylic acids is 2. The van der Waals surface area contributed by atoms with Gasteiger partial charge in [-0.2, -0.15) is 0 Å². The largest absolute Gasteiger partial charge is 0.465 e. The minimum absolute atomic E-state index is 0.240. The van der Waals surface area contributed by atoms with Gasteiger partial charge in [0.25, 0.3) is 5.91 Å². The Morgan fingerprint density at radius 3 is 2.32 bits per heavy atom. The molecule has 0 bridgehead atoms. The van der Waals surface area contributed by atoms with Crippen molar-refractivity contribution in [2.75, 3.05) is 12.0 Å². The van der Waals surface area contributed by atoms with Crippen molar-refractivity contribution in [3.63, 3.8) is 0 Å². The van der Waals surface area contributed by atoms with Crippen molar-refractivity contribution in [3.05, 3.63) is 98.5 Å². The number of para-hydroxylation sites is 1. The van der Waals surface area contributed by atoms with Gasteiger partial charge in [0.2, 0.25) is 0 Å². The second kappa shape index (κ2) is 8.99. The first-order valence-electron chi connectivity index (χ1n) is 11.0. The molecule has 34 heavy (non-hydrogen) atoms. The summed E-state index contributed by atoms with van der Waals surface area (Å²) >= 11 is 6.39. The second-order valence-corrected chi connectivity index (χ2v) is 8.96. The third kappa shape index (κ3) is 3.86. The van der Waals surface area contributed by atoms with Crippen molar-refractivity contribution in [1.82, 2.24) is 4.57 Å². The van der Waals surface area contributed by atoms with Crippen molar-refractivity contribution in [1.29, 1.82) is 0 Å². The molecule has 0 N–H and O–H groups in total. The highest BCUT2D eigenvalue weighted by molar-refractivity contribution is 6.35. The monoisotopic (exact) mass is 474 g/mol. The summed E-state index contributed by atoms with van der Waals surface area (Å²) < 4.78 is 7.20. The summed E-state index contributed by atoms with van der Waals surface area (Å²) in [7, 11) is 1.31. The van der Waals surface area contributed by atoms with Crippen LogP contribution in [0.15, 0.2) is 65.4 Å². The quantitative estimate of drug-likeness (QED) is 0.332. The van der Waals surface area contributed by atoms with Gasteiger partial charge in [0, 0.05) is 22.8 Å². The maximum atomic E-state index is 13.6. The van der Waals surface area contributed by atoms with E-state index in [0.29, 0.717) is 16.4 Å². The van der Waals surface area contributed by atoms with Crippen LogP contribution in [0.4, 0.5) is 5.69 Å². The van der Waals surface area contributed by atoms with Gasteiger partial charge in [-0.1, -0.05) is 41.4 Å². The molecule has 0 aliphatic carbocycles. The smallest absolute Gasteiger partial charge is 0.340 e. The van der Waals surface area contributed by atoms with Crippen LogP contribution in [0.2, 0.25) is 5.02 Å². The average Bonchev–Trinajstić information content (AvgIpc) is 3.20. The molecular formula is C28H27ClN2O3.